The number of anilines is 1. The Labute approximate surface area is 91.5 Å². The quantitative estimate of drug-likeness (QED) is 0.770. The summed E-state index contributed by atoms with van der Waals surface area (Å²) in [6.07, 6.45) is 3.35. The number of amides is 1. The minimum Gasteiger partial charge on any atom is -0.324 e. The van der Waals surface area contributed by atoms with E-state index in [0.717, 1.165) is 0 Å². The second-order valence-corrected chi connectivity index (χ2v) is 3.19. The molecule has 7 nitrogen and oxygen atoms in total. The third-order valence-corrected chi connectivity index (χ3v) is 1.97. The second-order valence-electron chi connectivity index (χ2n) is 3.19. The highest BCUT2D eigenvalue weighted by Gasteiger charge is 2.09. The molecule has 0 atom stereocenters. The Balaban J connectivity index is 1.98. The summed E-state index contributed by atoms with van der Waals surface area (Å²) < 4.78 is 1.46. The van der Waals surface area contributed by atoms with E-state index in [1.165, 1.54) is 4.68 Å². The molecule has 82 valence electrons. The monoisotopic (exact) mass is 218 g/mol. The van der Waals surface area contributed by atoms with Crippen molar-refractivity contribution in [3.05, 3.63) is 30.4 Å². The third kappa shape index (κ3) is 2.38. The van der Waals surface area contributed by atoms with Crippen LogP contribution in [0.15, 0.2) is 24.5 Å². The molecule has 0 unspecified atom stereocenters. The fourth-order valence-corrected chi connectivity index (χ4v) is 1.18. The van der Waals surface area contributed by atoms with Crippen LogP contribution in [0.5, 0.6) is 0 Å². The van der Waals surface area contributed by atoms with E-state index in [4.69, 9.17) is 0 Å². The lowest BCUT2D eigenvalue weighted by atomic mass is 10.3. The molecule has 0 radical (unpaired) electrons. The lowest BCUT2D eigenvalue weighted by molar-refractivity contribution is -0.115. The zero-order chi connectivity index (χ0) is 11.4. The van der Waals surface area contributed by atoms with Gasteiger partial charge in [-0.2, -0.15) is 0 Å². The lowest BCUT2D eigenvalue weighted by Gasteiger charge is -2.02. The van der Waals surface area contributed by atoms with E-state index >= 15 is 0 Å². The molecule has 1 amide bonds. The summed E-state index contributed by atoms with van der Waals surface area (Å²) in [5.74, 6) is 0.340. The average Bonchev–Trinajstić information content (AvgIpc) is 2.66. The van der Waals surface area contributed by atoms with E-state index in [9.17, 15) is 4.79 Å². The number of aromatic nitrogens is 5. The summed E-state index contributed by atoms with van der Waals surface area (Å²) in [6.45, 7) is 0. The molecule has 2 aromatic rings. The number of nitrogens with one attached hydrogen (secondary N) is 1. The topological polar surface area (TPSA) is 85.6 Å². The lowest BCUT2D eigenvalue weighted by Crippen LogP contribution is -2.17. The first-order valence-corrected chi connectivity index (χ1v) is 4.67. The Bertz CT molecular complexity index is 480. The maximum Gasteiger partial charge on any atom is 0.232 e. The van der Waals surface area contributed by atoms with Crippen LogP contribution in [0, 0.1) is 0 Å². The van der Waals surface area contributed by atoms with Gasteiger partial charge in [-0.05, 0) is 22.6 Å². The van der Waals surface area contributed by atoms with Crippen LogP contribution in [0.3, 0.4) is 0 Å². The van der Waals surface area contributed by atoms with Crippen molar-refractivity contribution in [2.24, 2.45) is 7.05 Å². The van der Waals surface area contributed by atoms with Gasteiger partial charge in [0.05, 0.1) is 18.3 Å². The van der Waals surface area contributed by atoms with Crippen molar-refractivity contribution in [3.8, 4) is 0 Å². The molecule has 0 saturated carbocycles. The van der Waals surface area contributed by atoms with Gasteiger partial charge in [-0.1, -0.05) is 0 Å². The van der Waals surface area contributed by atoms with Gasteiger partial charge < -0.3 is 5.32 Å². The fourth-order valence-electron chi connectivity index (χ4n) is 1.18. The van der Waals surface area contributed by atoms with E-state index in [1.807, 2.05) is 0 Å². The van der Waals surface area contributed by atoms with Gasteiger partial charge in [0, 0.05) is 13.2 Å². The molecule has 16 heavy (non-hydrogen) atoms. The first kappa shape index (κ1) is 10.2. The van der Waals surface area contributed by atoms with Gasteiger partial charge in [0.25, 0.3) is 0 Å². The summed E-state index contributed by atoms with van der Waals surface area (Å²) in [7, 11) is 1.69. The maximum absolute atomic E-state index is 11.6. The van der Waals surface area contributed by atoms with Gasteiger partial charge in [-0.3, -0.25) is 9.78 Å². The number of hydrogen-bond donors (Lipinski definition) is 1. The summed E-state index contributed by atoms with van der Waals surface area (Å²) >= 11 is 0. The van der Waals surface area contributed by atoms with Crippen LogP contribution in [-0.4, -0.2) is 31.1 Å². The van der Waals surface area contributed by atoms with Crippen molar-refractivity contribution < 1.29 is 4.79 Å². The molecule has 0 saturated heterocycles. The molecule has 0 aliphatic carbocycles. The van der Waals surface area contributed by atoms with Gasteiger partial charge in [0.2, 0.25) is 5.91 Å². The predicted molar refractivity (Wildman–Crippen MR) is 55.4 cm³/mol. The number of hydrogen-bond acceptors (Lipinski definition) is 5. The zero-order valence-corrected chi connectivity index (χ0v) is 8.66. The molecule has 0 aliphatic heterocycles. The molecule has 0 fully saturated rings. The Hall–Kier alpha value is -2.31. The molecule has 2 aromatic heterocycles. The first-order chi connectivity index (χ1) is 7.75. The highest BCUT2D eigenvalue weighted by atomic mass is 16.1. The summed E-state index contributed by atoms with van der Waals surface area (Å²) in [5, 5.41) is 13.5. The molecule has 0 aromatic carbocycles. The predicted octanol–water partition coefficient (Wildman–Crippen LogP) is -0.214. The van der Waals surface area contributed by atoms with E-state index in [1.54, 1.807) is 31.6 Å². The zero-order valence-electron chi connectivity index (χ0n) is 8.66. The summed E-state index contributed by atoms with van der Waals surface area (Å²) in [5.41, 5.74) is 0.655. The summed E-state index contributed by atoms with van der Waals surface area (Å²) in [4.78, 5) is 15.5. The van der Waals surface area contributed by atoms with E-state index in [2.05, 4.69) is 25.8 Å². The van der Waals surface area contributed by atoms with Gasteiger partial charge in [0.15, 0.2) is 5.82 Å². The van der Waals surface area contributed by atoms with Gasteiger partial charge in [-0.25, -0.2) is 4.68 Å². The average molecular weight is 218 g/mol. The Morgan fingerprint density at radius 3 is 3.06 bits per heavy atom. The van der Waals surface area contributed by atoms with Crippen molar-refractivity contribution in [3.63, 3.8) is 0 Å². The standard InChI is InChI=1S/C9H10N6O/c1-15-8(12-13-14-15)5-9(16)11-7-3-2-4-10-6-7/h2-4,6H,5H2,1H3,(H,11,16). The Morgan fingerprint density at radius 2 is 2.44 bits per heavy atom. The van der Waals surface area contributed by atoms with Crippen molar-refractivity contribution in [2.45, 2.75) is 6.42 Å². The molecule has 2 rings (SSSR count). The number of tetrazole rings is 1. The van der Waals surface area contributed by atoms with Crippen molar-refractivity contribution in [2.75, 3.05) is 5.32 Å². The highest BCUT2D eigenvalue weighted by molar-refractivity contribution is 5.91. The number of pyridine rings is 1. The number of carbonyl (C=O) groups excluding carboxylic acids is 1. The second kappa shape index (κ2) is 4.47. The van der Waals surface area contributed by atoms with Crippen LogP contribution >= 0.6 is 0 Å². The van der Waals surface area contributed by atoms with Crippen LogP contribution in [0.25, 0.3) is 0 Å². The smallest absolute Gasteiger partial charge is 0.232 e. The van der Waals surface area contributed by atoms with Crippen LogP contribution in [0.4, 0.5) is 5.69 Å². The van der Waals surface area contributed by atoms with E-state index < -0.39 is 0 Å². The first-order valence-electron chi connectivity index (χ1n) is 4.67. The number of aryl methyl sites for hydroxylation is 1. The minimum absolute atomic E-state index is 0.137. The molecular formula is C9H10N6O. The van der Waals surface area contributed by atoms with Crippen LogP contribution in [0.1, 0.15) is 5.82 Å². The maximum atomic E-state index is 11.6. The van der Waals surface area contributed by atoms with Crippen LogP contribution in [-0.2, 0) is 18.3 Å². The molecule has 7 heteroatoms. The van der Waals surface area contributed by atoms with Crippen LogP contribution in [0.2, 0.25) is 0 Å². The molecule has 0 bridgehead atoms. The normalized spacial score (nSPS) is 10.1. The number of carbonyl (C=O) groups is 1. The third-order valence-electron chi connectivity index (χ3n) is 1.97. The van der Waals surface area contributed by atoms with E-state index in [0.29, 0.717) is 11.5 Å². The van der Waals surface area contributed by atoms with Crippen molar-refractivity contribution in [1.82, 2.24) is 25.2 Å². The summed E-state index contributed by atoms with van der Waals surface area (Å²) in [6, 6.07) is 3.51. The highest BCUT2D eigenvalue weighted by Crippen LogP contribution is 2.03. The Kier molecular flexibility index (Phi) is 2.86. The number of nitrogens with zero attached hydrogens (tertiary/aromatic N) is 5. The molecular weight excluding hydrogens is 208 g/mol. The van der Waals surface area contributed by atoms with Gasteiger partial charge in [0.1, 0.15) is 0 Å². The molecule has 1 N–H and O–H groups in total. The van der Waals surface area contributed by atoms with Gasteiger partial charge in [-0.15, -0.1) is 5.10 Å². The molecule has 0 spiro atoms. The van der Waals surface area contributed by atoms with Crippen molar-refractivity contribution in [1.29, 1.82) is 0 Å². The molecule has 2 heterocycles. The SMILES string of the molecule is Cn1nnnc1CC(=O)Nc1cccnc1. The largest absolute Gasteiger partial charge is 0.324 e. The van der Waals surface area contributed by atoms with E-state index in [-0.39, 0.29) is 12.3 Å². The number of rotatable bonds is 3. The van der Waals surface area contributed by atoms with Gasteiger partial charge >= 0.3 is 0 Å². The van der Waals surface area contributed by atoms with Crippen molar-refractivity contribution >= 4 is 11.6 Å². The molecule has 0 aliphatic rings. The van der Waals surface area contributed by atoms with Crippen LogP contribution < -0.4 is 5.32 Å². The fraction of sp³-hybridized carbons (Fsp3) is 0.222. The minimum atomic E-state index is -0.175. The Morgan fingerprint density at radius 1 is 1.56 bits per heavy atom.